The van der Waals surface area contributed by atoms with E-state index in [1.165, 1.54) is 11.8 Å². The molecular weight excluding hydrogens is 947 g/mol. The number of carboxylic acid groups (broad SMARTS) is 1. The summed E-state index contributed by atoms with van der Waals surface area (Å²) in [7, 11) is 3.82. The van der Waals surface area contributed by atoms with Crippen LogP contribution in [0.3, 0.4) is 0 Å². The number of benzene rings is 5. The number of carbonyl (C=O) groups excluding carboxylic acids is 7. The summed E-state index contributed by atoms with van der Waals surface area (Å²) in [6, 6.07) is 16.1. The molecule has 2 aliphatic heterocycles. The number of hydrogen-bond acceptors (Lipinski definition) is 12. The van der Waals surface area contributed by atoms with Crippen LogP contribution >= 0.6 is 0 Å². The number of likely N-dealkylation sites (tertiary alicyclic amines) is 1. The first-order valence-corrected chi connectivity index (χ1v) is 25.4. The van der Waals surface area contributed by atoms with E-state index in [0.29, 0.717) is 62.7 Å². The summed E-state index contributed by atoms with van der Waals surface area (Å²) in [4.78, 5) is 115. The van der Waals surface area contributed by atoms with Crippen LogP contribution < -0.4 is 54.0 Å². The van der Waals surface area contributed by atoms with Crippen LogP contribution in [-0.4, -0.2) is 133 Å². The van der Waals surface area contributed by atoms with E-state index in [1.807, 2.05) is 79.7 Å². The Morgan fingerprint density at radius 2 is 1.26 bits per heavy atom. The van der Waals surface area contributed by atoms with Gasteiger partial charge in [0.05, 0.1) is 6.54 Å². The smallest absolute Gasteiger partial charge is 0.326 e. The Morgan fingerprint density at radius 3 is 1.84 bits per heavy atom. The van der Waals surface area contributed by atoms with Crippen molar-refractivity contribution < 1.29 is 43.5 Å². The number of unbranched alkanes of at least 4 members (excludes halogenated alkanes) is 3. The van der Waals surface area contributed by atoms with Crippen LogP contribution in [0.1, 0.15) is 87.1 Å². The van der Waals surface area contributed by atoms with Gasteiger partial charge in [0.1, 0.15) is 35.7 Å². The van der Waals surface area contributed by atoms with E-state index in [2.05, 4.69) is 31.9 Å². The first-order valence-electron chi connectivity index (χ1n) is 25.4. The SMILES string of the molecule is CC(=O)Nc1ccc2ccc3c(C(=O)N4C[C@]5(C[C@H]4C(=O)N[C@@H](CCCCN)C(=O)N[C@@H](CCCCN)C(=O)N[C@@H](CCCCN)C(=O)O)NC(=O)[C@@H](Cc4ccc(N(C)C)cc4)NC5=O)ccc4ccc1c2c43. The van der Waals surface area contributed by atoms with E-state index < -0.39 is 83.7 Å². The van der Waals surface area contributed by atoms with Gasteiger partial charge < -0.3 is 64.0 Å². The number of rotatable bonds is 24. The summed E-state index contributed by atoms with van der Waals surface area (Å²) in [5.74, 6) is -5.46. The van der Waals surface area contributed by atoms with Crippen molar-refractivity contribution >= 4 is 91.0 Å². The maximum Gasteiger partial charge on any atom is 0.326 e. The molecule has 2 aliphatic rings. The number of aliphatic carboxylic acids is 1. The molecular formula is C54H69N11O9. The lowest BCUT2D eigenvalue weighted by Gasteiger charge is -2.37. The van der Waals surface area contributed by atoms with Crippen molar-refractivity contribution in [1.29, 1.82) is 0 Å². The van der Waals surface area contributed by atoms with Gasteiger partial charge in [-0.05, 0) is 134 Å². The third kappa shape index (κ3) is 12.2. The first kappa shape index (κ1) is 54.4. The Kier molecular flexibility index (Phi) is 17.7. The number of hydrogen-bond donors (Lipinski definition) is 10. The van der Waals surface area contributed by atoms with Gasteiger partial charge in [-0.25, -0.2) is 4.79 Å². The Balaban J connectivity index is 1.22. The van der Waals surface area contributed by atoms with Gasteiger partial charge in [0.25, 0.3) is 5.91 Å². The largest absolute Gasteiger partial charge is 0.480 e. The minimum Gasteiger partial charge on any atom is -0.480 e. The molecule has 5 aromatic carbocycles. The molecule has 0 aliphatic carbocycles. The molecule has 2 saturated heterocycles. The molecule has 6 atom stereocenters. The lowest BCUT2D eigenvalue weighted by Crippen LogP contribution is -2.70. The highest BCUT2D eigenvalue weighted by Crippen LogP contribution is 2.40. The van der Waals surface area contributed by atoms with E-state index in [1.54, 1.807) is 12.1 Å². The van der Waals surface area contributed by atoms with Gasteiger partial charge in [-0.3, -0.25) is 33.6 Å². The van der Waals surface area contributed by atoms with Crippen molar-refractivity contribution in [3.63, 3.8) is 0 Å². The molecule has 20 heteroatoms. The summed E-state index contributed by atoms with van der Waals surface area (Å²) >= 11 is 0. The second kappa shape index (κ2) is 24.1. The highest BCUT2D eigenvalue weighted by molar-refractivity contribution is 6.28. The van der Waals surface area contributed by atoms with Crippen molar-refractivity contribution in [3.8, 4) is 0 Å². The molecule has 0 radical (unpaired) electrons. The van der Waals surface area contributed by atoms with Crippen LogP contribution in [-0.2, 0) is 40.0 Å². The number of carbonyl (C=O) groups is 8. The maximum atomic E-state index is 15.4. The predicted octanol–water partition coefficient (Wildman–Crippen LogP) is 2.35. The van der Waals surface area contributed by atoms with E-state index in [4.69, 9.17) is 17.2 Å². The highest BCUT2D eigenvalue weighted by atomic mass is 16.4. The van der Waals surface area contributed by atoms with Crippen LogP contribution in [0.2, 0.25) is 0 Å². The minimum atomic E-state index is -1.76. The molecule has 1 spiro atoms. The first-order chi connectivity index (χ1) is 35.5. The molecule has 7 rings (SSSR count). The second-order valence-corrected chi connectivity index (χ2v) is 19.7. The van der Waals surface area contributed by atoms with E-state index >= 15 is 9.59 Å². The number of nitrogens with two attached hydrogens (primary N) is 3. The van der Waals surface area contributed by atoms with Gasteiger partial charge >= 0.3 is 5.97 Å². The number of nitrogens with zero attached hydrogens (tertiary/aromatic N) is 2. The lowest BCUT2D eigenvalue weighted by atomic mass is 9.89. The summed E-state index contributed by atoms with van der Waals surface area (Å²) in [5.41, 5.74) is 18.0. The molecule has 394 valence electrons. The van der Waals surface area contributed by atoms with Crippen LogP contribution in [0, 0.1) is 0 Å². The third-order valence-corrected chi connectivity index (χ3v) is 14.2. The average molecular weight is 1020 g/mol. The number of carboxylic acids is 1. The fraction of sp³-hybridized carbons (Fsp3) is 0.444. The van der Waals surface area contributed by atoms with Gasteiger partial charge in [-0.1, -0.05) is 48.5 Å². The van der Waals surface area contributed by atoms with Crippen molar-refractivity contribution in [2.24, 2.45) is 17.2 Å². The van der Waals surface area contributed by atoms with Gasteiger partial charge in [0, 0.05) is 56.2 Å². The Bertz CT molecular complexity index is 2890. The third-order valence-electron chi connectivity index (χ3n) is 14.2. The zero-order valence-electron chi connectivity index (χ0n) is 42.3. The molecule has 7 amide bonds. The standard InChI is InChI=1S/C54H69N11O9/c1-31(66)58-39-24-18-34-15-21-36-37(22-16-33-17-23-38(39)46(34)45(33)36)51(71)65-30-54(53(74)62-43(49(69)63-54)28-32-13-19-35(20-14-32)64(2)3)29-44(65)50(70)60-41(11-5-8-26-56)47(67)59-40(10-4-7-25-55)48(68)61-42(52(72)73)12-6-9-27-57/h13-24,40-44H,4-12,25-30,55-57H2,1-3H3,(H,58,66)(H,59,67)(H,60,70)(H,61,68)(H,62,74)(H,63,69)(H,72,73)/t40-,41-,42-,43+,44-,54-/m0/s1. The van der Waals surface area contributed by atoms with E-state index in [0.717, 1.165) is 38.2 Å². The van der Waals surface area contributed by atoms with Crippen molar-refractivity contribution in [3.05, 3.63) is 83.9 Å². The predicted molar refractivity (Wildman–Crippen MR) is 283 cm³/mol. The van der Waals surface area contributed by atoms with Gasteiger partial charge in [-0.2, -0.15) is 0 Å². The Morgan fingerprint density at radius 1 is 0.716 bits per heavy atom. The number of anilines is 2. The van der Waals surface area contributed by atoms with E-state index in [-0.39, 0.29) is 50.1 Å². The summed E-state index contributed by atoms with van der Waals surface area (Å²) in [5, 5.41) is 31.3. The summed E-state index contributed by atoms with van der Waals surface area (Å²) < 4.78 is 0. The second-order valence-electron chi connectivity index (χ2n) is 19.7. The number of piperazine rings is 1. The molecule has 0 aromatic heterocycles. The molecule has 0 unspecified atom stereocenters. The zero-order chi connectivity index (χ0) is 53.3. The normalized spacial score (nSPS) is 18.7. The van der Waals surface area contributed by atoms with Gasteiger partial charge in [0.2, 0.25) is 35.4 Å². The van der Waals surface area contributed by atoms with Crippen molar-refractivity contribution in [1.82, 2.24) is 31.5 Å². The Labute approximate surface area is 429 Å². The molecule has 0 saturated carbocycles. The van der Waals surface area contributed by atoms with Gasteiger partial charge in [0.15, 0.2) is 0 Å². The topological polar surface area (TPSA) is 314 Å². The van der Waals surface area contributed by atoms with Gasteiger partial charge in [-0.15, -0.1) is 0 Å². The summed E-state index contributed by atoms with van der Waals surface area (Å²) in [6.07, 6.45) is 2.93. The van der Waals surface area contributed by atoms with Crippen molar-refractivity contribution in [2.75, 3.05) is 50.5 Å². The number of amides is 7. The van der Waals surface area contributed by atoms with Crippen LogP contribution in [0.15, 0.2) is 72.8 Å². The zero-order valence-corrected chi connectivity index (χ0v) is 42.3. The molecule has 5 aromatic rings. The molecule has 13 N–H and O–H groups in total. The highest BCUT2D eigenvalue weighted by Gasteiger charge is 2.57. The minimum absolute atomic E-state index is 0.0679. The lowest BCUT2D eigenvalue weighted by molar-refractivity contribution is -0.142. The summed E-state index contributed by atoms with van der Waals surface area (Å²) in [6.45, 7) is 1.97. The fourth-order valence-corrected chi connectivity index (χ4v) is 10.2. The van der Waals surface area contributed by atoms with E-state index in [9.17, 15) is 33.9 Å². The monoisotopic (exact) mass is 1020 g/mol. The molecule has 74 heavy (non-hydrogen) atoms. The van der Waals surface area contributed by atoms with Crippen molar-refractivity contribution in [2.45, 2.75) is 113 Å². The maximum absolute atomic E-state index is 15.4. The van der Waals surface area contributed by atoms with Crippen LogP contribution in [0.5, 0.6) is 0 Å². The molecule has 2 fully saturated rings. The van der Waals surface area contributed by atoms with Crippen LogP contribution in [0.25, 0.3) is 32.3 Å². The molecule has 2 heterocycles. The molecule has 20 nitrogen and oxygen atoms in total. The number of nitrogens with one attached hydrogen (secondary N) is 6. The average Bonchev–Trinajstić information content (AvgIpc) is 3.76. The quantitative estimate of drug-likeness (QED) is 0.0314. The van der Waals surface area contributed by atoms with Crippen LogP contribution in [0.4, 0.5) is 11.4 Å². The fourth-order valence-electron chi connectivity index (χ4n) is 10.2. The molecule has 0 bridgehead atoms. The Hall–Kier alpha value is -7.42.